The fourth-order valence-corrected chi connectivity index (χ4v) is 0.908. The Kier molecular flexibility index (Phi) is 4.62. The van der Waals surface area contributed by atoms with E-state index in [0.717, 1.165) is 19.4 Å². The SMILES string of the molecule is [NH-]C(=O)C1CCCN1.[Y]. The van der Waals surface area contributed by atoms with Gasteiger partial charge in [0, 0.05) is 38.8 Å². The summed E-state index contributed by atoms with van der Waals surface area (Å²) in [4.78, 5) is 10.3. The Hall–Kier alpha value is 0.534. The molecule has 1 radical (unpaired) electrons. The number of amides is 1. The van der Waals surface area contributed by atoms with Crippen LogP contribution in [0.4, 0.5) is 0 Å². The van der Waals surface area contributed by atoms with Crippen LogP contribution >= 0.6 is 0 Å². The molecule has 1 aliphatic heterocycles. The number of nitrogens with one attached hydrogen (secondary N) is 2. The van der Waals surface area contributed by atoms with Gasteiger partial charge in [-0.1, -0.05) is 0 Å². The van der Waals surface area contributed by atoms with Gasteiger partial charge < -0.3 is 15.8 Å². The molecule has 0 saturated carbocycles. The van der Waals surface area contributed by atoms with Gasteiger partial charge in [-0.25, -0.2) is 0 Å². The monoisotopic (exact) mass is 202 g/mol. The van der Waals surface area contributed by atoms with Crippen LogP contribution in [-0.4, -0.2) is 18.5 Å². The van der Waals surface area contributed by atoms with Crippen LogP contribution in [-0.2, 0) is 37.5 Å². The summed E-state index contributed by atoms with van der Waals surface area (Å²) in [5.74, 6) is -0.470. The summed E-state index contributed by atoms with van der Waals surface area (Å²) < 4.78 is 0. The Balaban J connectivity index is 0.000000640. The van der Waals surface area contributed by atoms with E-state index in [1.54, 1.807) is 0 Å². The summed E-state index contributed by atoms with van der Waals surface area (Å²) in [7, 11) is 0. The predicted octanol–water partition coefficient (Wildman–Crippen LogP) is 0.315. The molecule has 0 aromatic rings. The van der Waals surface area contributed by atoms with Crippen LogP contribution in [0, 0.1) is 0 Å². The summed E-state index contributed by atoms with van der Waals surface area (Å²) in [6.45, 7) is 0.898. The molecule has 1 saturated heterocycles. The van der Waals surface area contributed by atoms with Crippen LogP contribution in [0.2, 0.25) is 0 Å². The smallest absolute Gasteiger partial charge is 0.0660 e. The maximum atomic E-state index is 10.3. The number of hydrogen-bond donors (Lipinski definition) is 1. The average Bonchev–Trinajstić information content (AvgIpc) is 2.12. The molecule has 1 heterocycles. The Morgan fingerprint density at radius 2 is 2.33 bits per heavy atom. The first-order valence-electron chi connectivity index (χ1n) is 2.79. The minimum Gasteiger partial charge on any atom is -0.666 e. The molecule has 1 unspecified atom stereocenters. The zero-order valence-electron chi connectivity index (χ0n) is 5.18. The van der Waals surface area contributed by atoms with Crippen molar-refractivity contribution in [1.82, 2.24) is 5.32 Å². The van der Waals surface area contributed by atoms with Gasteiger partial charge in [-0.2, -0.15) is 0 Å². The Labute approximate surface area is 79.6 Å². The Bertz CT molecular complexity index is 101. The van der Waals surface area contributed by atoms with Gasteiger partial charge in [-0.15, -0.1) is 0 Å². The van der Waals surface area contributed by atoms with E-state index in [1.807, 2.05) is 0 Å². The molecule has 1 atom stereocenters. The summed E-state index contributed by atoms with van der Waals surface area (Å²) in [5.41, 5.74) is 6.67. The zero-order chi connectivity index (χ0) is 5.98. The fraction of sp³-hybridized carbons (Fsp3) is 0.800. The Morgan fingerprint density at radius 1 is 1.67 bits per heavy atom. The minimum absolute atomic E-state index is 0. The summed E-state index contributed by atoms with van der Waals surface area (Å²) >= 11 is 0. The second kappa shape index (κ2) is 4.37. The Morgan fingerprint density at radius 3 is 2.56 bits per heavy atom. The summed E-state index contributed by atoms with van der Waals surface area (Å²) in [5, 5.41) is 2.92. The molecule has 1 rings (SSSR count). The van der Waals surface area contributed by atoms with Crippen molar-refractivity contribution in [3.05, 3.63) is 5.73 Å². The van der Waals surface area contributed by atoms with E-state index in [4.69, 9.17) is 5.73 Å². The van der Waals surface area contributed by atoms with E-state index >= 15 is 0 Å². The van der Waals surface area contributed by atoms with E-state index in [1.165, 1.54) is 0 Å². The predicted molar refractivity (Wildman–Crippen MR) is 30.4 cm³/mol. The van der Waals surface area contributed by atoms with Crippen LogP contribution < -0.4 is 5.32 Å². The molecule has 0 bridgehead atoms. The first-order chi connectivity index (χ1) is 3.80. The van der Waals surface area contributed by atoms with Crippen molar-refractivity contribution >= 4 is 5.91 Å². The van der Waals surface area contributed by atoms with E-state index in [9.17, 15) is 4.79 Å². The van der Waals surface area contributed by atoms with Gasteiger partial charge in [-0.3, -0.25) is 0 Å². The summed E-state index contributed by atoms with van der Waals surface area (Å²) in [6.07, 6.45) is 1.89. The maximum absolute atomic E-state index is 10.3. The third-order valence-corrected chi connectivity index (χ3v) is 1.38. The summed E-state index contributed by atoms with van der Waals surface area (Å²) in [6, 6.07) is -0.157. The zero-order valence-corrected chi connectivity index (χ0v) is 8.02. The van der Waals surface area contributed by atoms with Crippen molar-refractivity contribution in [3.8, 4) is 0 Å². The van der Waals surface area contributed by atoms with E-state index < -0.39 is 5.91 Å². The molecular weight excluding hydrogens is 193 g/mol. The molecule has 0 aromatic carbocycles. The van der Waals surface area contributed by atoms with Gasteiger partial charge in [0.05, 0.1) is 5.91 Å². The van der Waals surface area contributed by atoms with Gasteiger partial charge in [0.15, 0.2) is 0 Å². The third kappa shape index (κ3) is 2.74. The second-order valence-electron chi connectivity index (χ2n) is 2.01. The molecule has 49 valence electrons. The van der Waals surface area contributed by atoms with Crippen molar-refractivity contribution in [2.24, 2.45) is 0 Å². The van der Waals surface area contributed by atoms with Crippen molar-refractivity contribution in [3.63, 3.8) is 0 Å². The maximum Gasteiger partial charge on any atom is 0.0660 e. The van der Waals surface area contributed by atoms with Gasteiger partial charge in [0.1, 0.15) is 0 Å². The third-order valence-electron chi connectivity index (χ3n) is 1.38. The second-order valence-corrected chi connectivity index (χ2v) is 2.01. The molecule has 1 aliphatic rings. The van der Waals surface area contributed by atoms with Crippen LogP contribution in [0.25, 0.3) is 5.73 Å². The molecule has 2 N–H and O–H groups in total. The standard InChI is InChI=1S/C5H10N2O.Y/c6-5(8)4-2-1-3-7-4;/h4,7H,1-3H2,(H2,6,8);/p-1. The minimum atomic E-state index is -0.470. The largest absolute Gasteiger partial charge is 0.666 e. The van der Waals surface area contributed by atoms with Crippen molar-refractivity contribution in [1.29, 1.82) is 0 Å². The van der Waals surface area contributed by atoms with Gasteiger partial charge in [0.25, 0.3) is 0 Å². The van der Waals surface area contributed by atoms with E-state index in [-0.39, 0.29) is 38.8 Å². The molecule has 9 heavy (non-hydrogen) atoms. The molecular formula is C5H9N2OY-. The van der Waals surface area contributed by atoms with Crippen LogP contribution in [0.1, 0.15) is 12.8 Å². The number of carbonyl (C=O) groups is 1. The van der Waals surface area contributed by atoms with E-state index in [0.29, 0.717) is 0 Å². The molecule has 0 spiro atoms. The van der Waals surface area contributed by atoms with E-state index in [2.05, 4.69) is 5.32 Å². The van der Waals surface area contributed by atoms with Gasteiger partial charge in [-0.05, 0) is 19.4 Å². The molecule has 0 aromatic heterocycles. The van der Waals surface area contributed by atoms with Crippen LogP contribution in [0.3, 0.4) is 0 Å². The topological polar surface area (TPSA) is 52.9 Å². The molecule has 0 aliphatic carbocycles. The normalized spacial score (nSPS) is 25.1. The first kappa shape index (κ1) is 9.53. The van der Waals surface area contributed by atoms with Crippen molar-refractivity contribution in [2.45, 2.75) is 18.9 Å². The average molecular weight is 202 g/mol. The number of rotatable bonds is 1. The number of carbonyl (C=O) groups excluding carboxylic acids is 1. The van der Waals surface area contributed by atoms with Crippen molar-refractivity contribution in [2.75, 3.05) is 6.54 Å². The van der Waals surface area contributed by atoms with Crippen LogP contribution in [0.5, 0.6) is 0 Å². The molecule has 4 heteroatoms. The van der Waals surface area contributed by atoms with Gasteiger partial charge >= 0.3 is 0 Å². The van der Waals surface area contributed by atoms with Crippen LogP contribution in [0.15, 0.2) is 0 Å². The number of hydrogen-bond acceptors (Lipinski definition) is 2. The fourth-order valence-electron chi connectivity index (χ4n) is 0.908. The quantitative estimate of drug-likeness (QED) is 0.665. The van der Waals surface area contributed by atoms with Gasteiger partial charge in [0.2, 0.25) is 0 Å². The van der Waals surface area contributed by atoms with Crippen molar-refractivity contribution < 1.29 is 37.5 Å². The first-order valence-corrected chi connectivity index (χ1v) is 2.79. The molecule has 1 fully saturated rings. The molecule has 3 nitrogen and oxygen atoms in total. The molecule has 1 amide bonds.